The maximum absolute atomic E-state index is 12.2. The molecule has 3 rings (SSSR count). The zero-order valence-electron chi connectivity index (χ0n) is 15.9. The Labute approximate surface area is 164 Å². The number of ether oxygens (including phenoxy) is 2. The molecule has 0 aliphatic heterocycles. The summed E-state index contributed by atoms with van der Waals surface area (Å²) in [6, 6.07) is 18.5. The molecule has 0 heterocycles. The third kappa shape index (κ3) is 4.72. The number of amides is 2. The Morgan fingerprint density at radius 1 is 1.00 bits per heavy atom. The van der Waals surface area contributed by atoms with Crippen LogP contribution in [0, 0.1) is 0 Å². The van der Waals surface area contributed by atoms with E-state index in [2.05, 4.69) is 10.6 Å². The first-order valence-corrected chi connectivity index (χ1v) is 9.04. The Morgan fingerprint density at radius 3 is 2.39 bits per heavy atom. The van der Waals surface area contributed by atoms with Crippen molar-refractivity contribution in [2.24, 2.45) is 0 Å². The topological polar surface area (TPSA) is 79.8 Å². The number of fused-ring (bicyclic) bond motifs is 1. The first kappa shape index (κ1) is 19.5. The Hall–Kier alpha value is -3.25. The van der Waals surface area contributed by atoms with E-state index in [1.54, 1.807) is 32.4 Å². The lowest BCUT2D eigenvalue weighted by Gasteiger charge is -2.15. The summed E-state index contributed by atoms with van der Waals surface area (Å²) in [7, 11) is 3.10. The number of anilines is 1. The Morgan fingerprint density at radius 2 is 1.68 bits per heavy atom. The first-order chi connectivity index (χ1) is 13.6. The van der Waals surface area contributed by atoms with Gasteiger partial charge in [0.25, 0.3) is 0 Å². The number of hydrogen-bond acceptors (Lipinski definition) is 4. The lowest BCUT2D eigenvalue weighted by molar-refractivity contribution is 0.169. The van der Waals surface area contributed by atoms with Crippen molar-refractivity contribution in [2.75, 3.05) is 26.1 Å². The minimum absolute atomic E-state index is 0.331. The van der Waals surface area contributed by atoms with Crippen LogP contribution < -0.4 is 20.1 Å². The van der Waals surface area contributed by atoms with Crippen molar-refractivity contribution in [3.63, 3.8) is 0 Å². The van der Waals surface area contributed by atoms with E-state index in [0.717, 1.165) is 16.3 Å². The molecule has 0 saturated carbocycles. The first-order valence-electron chi connectivity index (χ1n) is 9.04. The fraction of sp³-hybridized carbons (Fsp3) is 0.227. The summed E-state index contributed by atoms with van der Waals surface area (Å²) in [5.41, 5.74) is 1.42. The number of hydrogen-bond donors (Lipinski definition) is 3. The minimum Gasteiger partial charge on any atom is -0.497 e. The van der Waals surface area contributed by atoms with Gasteiger partial charge in [-0.25, -0.2) is 4.79 Å². The average molecular weight is 380 g/mol. The van der Waals surface area contributed by atoms with Crippen LogP contribution in [0.3, 0.4) is 0 Å². The normalized spacial score (nSPS) is 11.7. The summed E-state index contributed by atoms with van der Waals surface area (Å²) < 4.78 is 10.4. The summed E-state index contributed by atoms with van der Waals surface area (Å²) in [4.78, 5) is 12.2. The standard InChI is InChI=1S/C22H24N2O4/c1-27-17-12-16(13-18(14-17)28-2)24-22(26)23-11-10-21(25)20-9-5-7-15-6-3-4-8-19(15)20/h3-9,12-14,21,25H,10-11H2,1-2H3,(H2,23,24,26). The summed E-state index contributed by atoms with van der Waals surface area (Å²) in [5.74, 6) is 1.17. The summed E-state index contributed by atoms with van der Waals surface area (Å²) >= 11 is 0. The van der Waals surface area contributed by atoms with Gasteiger partial charge in [-0.3, -0.25) is 0 Å². The maximum Gasteiger partial charge on any atom is 0.319 e. The van der Waals surface area contributed by atoms with Crippen molar-refractivity contribution in [1.29, 1.82) is 0 Å². The number of carbonyl (C=O) groups is 1. The van der Waals surface area contributed by atoms with E-state index in [4.69, 9.17) is 9.47 Å². The molecule has 0 spiro atoms. The number of nitrogens with one attached hydrogen (secondary N) is 2. The number of benzene rings is 3. The molecule has 0 aliphatic rings. The highest BCUT2D eigenvalue weighted by atomic mass is 16.5. The molecule has 0 radical (unpaired) electrons. The second-order valence-corrected chi connectivity index (χ2v) is 6.36. The van der Waals surface area contributed by atoms with Crippen LogP contribution in [-0.2, 0) is 0 Å². The van der Waals surface area contributed by atoms with E-state index in [-0.39, 0.29) is 6.03 Å². The van der Waals surface area contributed by atoms with Crippen molar-refractivity contribution in [2.45, 2.75) is 12.5 Å². The average Bonchev–Trinajstić information content (AvgIpc) is 2.72. The largest absolute Gasteiger partial charge is 0.497 e. The Balaban J connectivity index is 1.56. The smallest absolute Gasteiger partial charge is 0.319 e. The van der Waals surface area contributed by atoms with Crippen molar-refractivity contribution in [3.8, 4) is 11.5 Å². The summed E-state index contributed by atoms with van der Waals surface area (Å²) in [5, 5.41) is 18.2. The van der Waals surface area contributed by atoms with Crippen LogP contribution in [0.5, 0.6) is 11.5 Å². The molecule has 2 amide bonds. The number of aliphatic hydroxyl groups excluding tert-OH is 1. The highest BCUT2D eigenvalue weighted by Crippen LogP contribution is 2.27. The number of rotatable bonds is 7. The van der Waals surface area contributed by atoms with Crippen LogP contribution in [0.4, 0.5) is 10.5 Å². The Bertz CT molecular complexity index is 931. The predicted molar refractivity (Wildman–Crippen MR) is 110 cm³/mol. The van der Waals surface area contributed by atoms with Gasteiger partial charge in [0.1, 0.15) is 11.5 Å². The maximum atomic E-state index is 12.2. The minimum atomic E-state index is -0.664. The van der Waals surface area contributed by atoms with Gasteiger partial charge in [0.2, 0.25) is 0 Å². The molecule has 6 heteroatoms. The molecular weight excluding hydrogens is 356 g/mol. The fourth-order valence-electron chi connectivity index (χ4n) is 3.07. The number of aliphatic hydroxyl groups is 1. The van der Waals surface area contributed by atoms with Gasteiger partial charge in [-0.15, -0.1) is 0 Å². The van der Waals surface area contributed by atoms with Crippen molar-refractivity contribution < 1.29 is 19.4 Å². The van der Waals surface area contributed by atoms with Gasteiger partial charge < -0.3 is 25.2 Å². The zero-order chi connectivity index (χ0) is 19.9. The van der Waals surface area contributed by atoms with E-state index in [1.807, 2.05) is 42.5 Å². The number of carbonyl (C=O) groups excluding carboxylic acids is 1. The van der Waals surface area contributed by atoms with Gasteiger partial charge in [0, 0.05) is 30.4 Å². The lowest BCUT2D eigenvalue weighted by atomic mass is 9.99. The molecular formula is C22H24N2O4. The molecule has 1 unspecified atom stereocenters. The van der Waals surface area contributed by atoms with E-state index in [9.17, 15) is 9.90 Å². The third-order valence-electron chi connectivity index (χ3n) is 4.50. The summed E-state index contributed by atoms with van der Waals surface area (Å²) in [6.07, 6.45) is -0.258. The van der Waals surface area contributed by atoms with Gasteiger partial charge >= 0.3 is 6.03 Å². The Kier molecular flexibility index (Phi) is 6.34. The van der Waals surface area contributed by atoms with E-state index in [0.29, 0.717) is 30.2 Å². The molecule has 0 aromatic heterocycles. The van der Waals surface area contributed by atoms with Gasteiger partial charge in [0.05, 0.1) is 20.3 Å². The lowest BCUT2D eigenvalue weighted by Crippen LogP contribution is -2.30. The second kappa shape index (κ2) is 9.10. The molecule has 0 bridgehead atoms. The highest BCUT2D eigenvalue weighted by molar-refractivity contribution is 5.89. The SMILES string of the molecule is COc1cc(NC(=O)NCCC(O)c2cccc3ccccc23)cc(OC)c1. The molecule has 146 valence electrons. The zero-order valence-corrected chi connectivity index (χ0v) is 15.9. The second-order valence-electron chi connectivity index (χ2n) is 6.36. The van der Waals surface area contributed by atoms with Crippen molar-refractivity contribution in [3.05, 3.63) is 66.2 Å². The molecule has 0 saturated heterocycles. The van der Waals surface area contributed by atoms with Crippen LogP contribution in [0.15, 0.2) is 60.7 Å². The summed E-state index contributed by atoms with van der Waals surface area (Å²) in [6.45, 7) is 0.331. The van der Waals surface area contributed by atoms with E-state index < -0.39 is 6.10 Å². The van der Waals surface area contributed by atoms with Crippen molar-refractivity contribution >= 4 is 22.5 Å². The van der Waals surface area contributed by atoms with Crippen molar-refractivity contribution in [1.82, 2.24) is 5.32 Å². The molecule has 1 atom stereocenters. The highest BCUT2D eigenvalue weighted by Gasteiger charge is 2.12. The molecule has 3 N–H and O–H groups in total. The fourth-order valence-corrected chi connectivity index (χ4v) is 3.07. The van der Waals surface area contributed by atoms with Crippen LogP contribution in [0.25, 0.3) is 10.8 Å². The van der Waals surface area contributed by atoms with Gasteiger partial charge in [-0.2, -0.15) is 0 Å². The molecule has 3 aromatic carbocycles. The van der Waals surface area contributed by atoms with Crippen LogP contribution >= 0.6 is 0 Å². The molecule has 3 aromatic rings. The monoisotopic (exact) mass is 380 g/mol. The number of methoxy groups -OCH3 is 2. The van der Waals surface area contributed by atoms with Crippen LogP contribution in [0.1, 0.15) is 18.1 Å². The van der Waals surface area contributed by atoms with Crippen LogP contribution in [0.2, 0.25) is 0 Å². The van der Waals surface area contributed by atoms with E-state index in [1.165, 1.54) is 0 Å². The molecule has 6 nitrogen and oxygen atoms in total. The molecule has 0 aliphatic carbocycles. The predicted octanol–water partition coefficient (Wildman–Crippen LogP) is 4.10. The van der Waals surface area contributed by atoms with Gasteiger partial charge in [0.15, 0.2) is 0 Å². The van der Waals surface area contributed by atoms with Gasteiger partial charge in [-0.1, -0.05) is 42.5 Å². The quantitative estimate of drug-likeness (QED) is 0.576. The van der Waals surface area contributed by atoms with Gasteiger partial charge in [-0.05, 0) is 22.8 Å². The number of urea groups is 1. The molecule has 0 fully saturated rings. The van der Waals surface area contributed by atoms with E-state index >= 15 is 0 Å². The molecule has 28 heavy (non-hydrogen) atoms. The third-order valence-corrected chi connectivity index (χ3v) is 4.50. The van der Waals surface area contributed by atoms with Crippen LogP contribution in [-0.4, -0.2) is 31.9 Å².